The number of ether oxygens (including phenoxy) is 1. The van der Waals surface area contributed by atoms with Gasteiger partial charge in [0.1, 0.15) is 5.60 Å². The molecular formula is C12H18N4O3. The van der Waals surface area contributed by atoms with E-state index in [0.29, 0.717) is 25.1 Å². The largest absolute Gasteiger partial charge is 0.444 e. The van der Waals surface area contributed by atoms with Crippen molar-refractivity contribution in [3.05, 3.63) is 17.0 Å². The second-order valence-electron chi connectivity index (χ2n) is 5.55. The predicted octanol–water partition coefficient (Wildman–Crippen LogP) is 0.802. The lowest BCUT2D eigenvalue weighted by atomic mass is 10.1. The van der Waals surface area contributed by atoms with Gasteiger partial charge >= 0.3 is 6.09 Å². The summed E-state index contributed by atoms with van der Waals surface area (Å²) in [5.41, 5.74) is 6.45. The maximum atomic E-state index is 12.0. The molecule has 0 saturated heterocycles. The van der Waals surface area contributed by atoms with E-state index in [1.165, 1.54) is 0 Å². The number of hydrogen-bond acceptors (Lipinski definition) is 4. The van der Waals surface area contributed by atoms with Gasteiger partial charge in [-0.3, -0.25) is 9.89 Å². The van der Waals surface area contributed by atoms with Gasteiger partial charge in [0.2, 0.25) is 0 Å². The van der Waals surface area contributed by atoms with Crippen LogP contribution in [0, 0.1) is 0 Å². The van der Waals surface area contributed by atoms with Crippen molar-refractivity contribution in [2.24, 2.45) is 5.73 Å². The lowest BCUT2D eigenvalue weighted by Gasteiger charge is -2.29. The number of primary amides is 1. The van der Waals surface area contributed by atoms with Crippen LogP contribution in [0.4, 0.5) is 4.79 Å². The van der Waals surface area contributed by atoms with E-state index in [1.54, 1.807) is 4.90 Å². The molecule has 19 heavy (non-hydrogen) atoms. The third-order valence-electron chi connectivity index (χ3n) is 2.82. The zero-order valence-electron chi connectivity index (χ0n) is 11.3. The van der Waals surface area contributed by atoms with Crippen LogP contribution >= 0.6 is 0 Å². The van der Waals surface area contributed by atoms with E-state index >= 15 is 0 Å². The highest BCUT2D eigenvalue weighted by molar-refractivity contribution is 5.92. The molecule has 0 bridgehead atoms. The van der Waals surface area contributed by atoms with Crippen LogP contribution in [0.25, 0.3) is 0 Å². The molecule has 1 aromatic heterocycles. The molecule has 0 unspecified atom stereocenters. The van der Waals surface area contributed by atoms with Crippen molar-refractivity contribution in [2.45, 2.75) is 39.3 Å². The maximum Gasteiger partial charge on any atom is 0.410 e. The number of H-pyrrole nitrogens is 1. The first-order valence-corrected chi connectivity index (χ1v) is 6.12. The Labute approximate surface area is 111 Å². The number of hydrogen-bond donors (Lipinski definition) is 2. The predicted molar refractivity (Wildman–Crippen MR) is 67.5 cm³/mol. The van der Waals surface area contributed by atoms with Crippen molar-refractivity contribution in [3.8, 4) is 0 Å². The van der Waals surface area contributed by atoms with Crippen molar-refractivity contribution in [1.82, 2.24) is 15.1 Å². The fraction of sp³-hybridized carbons (Fsp3) is 0.583. The van der Waals surface area contributed by atoms with Crippen LogP contribution in [0.5, 0.6) is 0 Å². The van der Waals surface area contributed by atoms with E-state index in [-0.39, 0.29) is 5.69 Å². The smallest absolute Gasteiger partial charge is 0.410 e. The molecule has 7 heteroatoms. The van der Waals surface area contributed by atoms with Crippen molar-refractivity contribution in [2.75, 3.05) is 6.54 Å². The van der Waals surface area contributed by atoms with Gasteiger partial charge in [-0.2, -0.15) is 5.10 Å². The van der Waals surface area contributed by atoms with Crippen LogP contribution in [0.1, 0.15) is 42.5 Å². The summed E-state index contributed by atoms with van der Waals surface area (Å²) < 4.78 is 5.31. The second kappa shape index (κ2) is 4.56. The molecule has 3 N–H and O–H groups in total. The van der Waals surface area contributed by atoms with E-state index in [2.05, 4.69) is 10.2 Å². The van der Waals surface area contributed by atoms with Gasteiger partial charge in [-0.05, 0) is 20.8 Å². The van der Waals surface area contributed by atoms with E-state index in [9.17, 15) is 9.59 Å². The highest BCUT2D eigenvalue weighted by Gasteiger charge is 2.29. The van der Waals surface area contributed by atoms with Crippen molar-refractivity contribution < 1.29 is 14.3 Å². The number of rotatable bonds is 1. The van der Waals surface area contributed by atoms with E-state index in [1.807, 2.05) is 20.8 Å². The highest BCUT2D eigenvalue weighted by Crippen LogP contribution is 2.21. The van der Waals surface area contributed by atoms with Gasteiger partial charge in [0.25, 0.3) is 5.91 Å². The van der Waals surface area contributed by atoms with Crippen LogP contribution in [0.3, 0.4) is 0 Å². The van der Waals surface area contributed by atoms with Gasteiger partial charge < -0.3 is 15.4 Å². The minimum absolute atomic E-state index is 0.197. The van der Waals surface area contributed by atoms with E-state index < -0.39 is 17.6 Å². The van der Waals surface area contributed by atoms with Gasteiger partial charge in [0.05, 0.1) is 6.54 Å². The van der Waals surface area contributed by atoms with Crippen molar-refractivity contribution in [1.29, 1.82) is 0 Å². The molecule has 0 fully saturated rings. The molecule has 1 aromatic rings. The van der Waals surface area contributed by atoms with Crippen LogP contribution in [-0.4, -0.2) is 39.2 Å². The number of aromatic nitrogens is 2. The van der Waals surface area contributed by atoms with Crippen LogP contribution in [0.2, 0.25) is 0 Å². The molecule has 1 aliphatic rings. The van der Waals surface area contributed by atoms with Crippen LogP contribution in [-0.2, 0) is 17.7 Å². The Kier molecular flexibility index (Phi) is 3.21. The molecule has 1 aliphatic heterocycles. The number of nitrogens with two attached hydrogens (primary N) is 1. The Bertz CT molecular complexity index is 516. The molecule has 104 valence electrons. The summed E-state index contributed by atoms with van der Waals surface area (Å²) in [7, 11) is 0. The van der Waals surface area contributed by atoms with Crippen LogP contribution in [0.15, 0.2) is 0 Å². The lowest BCUT2D eigenvalue weighted by Crippen LogP contribution is -2.40. The third kappa shape index (κ3) is 2.86. The van der Waals surface area contributed by atoms with E-state index in [4.69, 9.17) is 10.5 Å². The highest BCUT2D eigenvalue weighted by atomic mass is 16.6. The summed E-state index contributed by atoms with van der Waals surface area (Å²) in [4.78, 5) is 24.8. The first-order chi connectivity index (χ1) is 8.78. The lowest BCUT2D eigenvalue weighted by molar-refractivity contribution is 0.0222. The van der Waals surface area contributed by atoms with Crippen molar-refractivity contribution >= 4 is 12.0 Å². The van der Waals surface area contributed by atoms with Gasteiger partial charge in [0.15, 0.2) is 5.69 Å². The van der Waals surface area contributed by atoms with Crippen molar-refractivity contribution in [3.63, 3.8) is 0 Å². The minimum atomic E-state index is -0.594. The summed E-state index contributed by atoms with van der Waals surface area (Å²) in [5, 5.41) is 6.67. The summed E-state index contributed by atoms with van der Waals surface area (Å²) in [6.07, 6.45) is 0.212. The Morgan fingerprint density at radius 3 is 2.68 bits per heavy atom. The summed E-state index contributed by atoms with van der Waals surface area (Å²) in [5.74, 6) is -0.594. The number of carbonyl (C=O) groups excluding carboxylic acids is 2. The Hall–Kier alpha value is -2.05. The number of carbonyl (C=O) groups is 2. The zero-order valence-corrected chi connectivity index (χ0v) is 11.3. The summed E-state index contributed by atoms with van der Waals surface area (Å²) in [6.45, 7) is 6.26. The molecule has 0 spiro atoms. The number of nitrogens with one attached hydrogen (secondary N) is 1. The summed E-state index contributed by atoms with van der Waals surface area (Å²) >= 11 is 0. The monoisotopic (exact) mass is 266 g/mol. The average molecular weight is 266 g/mol. The Balaban J connectivity index is 2.15. The minimum Gasteiger partial charge on any atom is -0.444 e. The molecule has 2 heterocycles. The first-order valence-electron chi connectivity index (χ1n) is 6.12. The molecular weight excluding hydrogens is 248 g/mol. The average Bonchev–Trinajstić information content (AvgIpc) is 2.68. The Morgan fingerprint density at radius 2 is 2.11 bits per heavy atom. The SMILES string of the molecule is CC(C)(C)OC(=O)N1CCc2[nH]nc(C(N)=O)c2C1. The Morgan fingerprint density at radius 1 is 1.42 bits per heavy atom. The molecule has 2 amide bonds. The van der Waals surface area contributed by atoms with Gasteiger partial charge in [-0.1, -0.05) is 0 Å². The molecule has 0 atom stereocenters. The standard InChI is InChI=1S/C12H18N4O3/c1-12(2,3)19-11(18)16-5-4-8-7(6-16)9(10(13)17)15-14-8/h4-6H2,1-3H3,(H2,13,17)(H,14,15). The molecule has 0 aromatic carbocycles. The van der Waals surface area contributed by atoms with Gasteiger partial charge in [0, 0.05) is 24.2 Å². The summed E-state index contributed by atoms with van der Waals surface area (Å²) in [6, 6.07) is 0. The fourth-order valence-corrected chi connectivity index (χ4v) is 1.98. The molecule has 0 aliphatic carbocycles. The zero-order chi connectivity index (χ0) is 14.2. The second-order valence-corrected chi connectivity index (χ2v) is 5.55. The topological polar surface area (TPSA) is 101 Å². The normalized spacial score (nSPS) is 15.0. The quantitative estimate of drug-likeness (QED) is 0.785. The third-order valence-corrected chi connectivity index (χ3v) is 2.82. The number of fused-ring (bicyclic) bond motifs is 1. The maximum absolute atomic E-state index is 12.0. The number of amides is 2. The first kappa shape index (κ1) is 13.4. The number of nitrogens with zero attached hydrogens (tertiary/aromatic N) is 2. The van der Waals surface area contributed by atoms with Gasteiger partial charge in [-0.25, -0.2) is 4.79 Å². The number of aromatic amines is 1. The molecule has 0 saturated carbocycles. The van der Waals surface area contributed by atoms with E-state index in [0.717, 1.165) is 5.69 Å². The fourth-order valence-electron chi connectivity index (χ4n) is 1.98. The van der Waals surface area contributed by atoms with Gasteiger partial charge in [-0.15, -0.1) is 0 Å². The molecule has 2 rings (SSSR count). The molecule has 0 radical (unpaired) electrons. The van der Waals surface area contributed by atoms with Crippen LogP contribution < -0.4 is 5.73 Å². The molecule has 7 nitrogen and oxygen atoms in total.